The van der Waals surface area contributed by atoms with Gasteiger partial charge in [-0.1, -0.05) is 0 Å². The molecule has 1 amide bonds. The first-order valence-corrected chi connectivity index (χ1v) is 6.92. The number of hydrogen-bond acceptors (Lipinski definition) is 5. The number of thiophene rings is 1. The Morgan fingerprint density at radius 3 is 2.45 bits per heavy atom. The Balaban J connectivity index is 3.07. The highest BCUT2D eigenvalue weighted by Gasteiger charge is 2.26. The van der Waals surface area contributed by atoms with E-state index >= 15 is 0 Å². The summed E-state index contributed by atoms with van der Waals surface area (Å²) in [5, 5.41) is 11.6. The molecule has 0 saturated heterocycles. The van der Waals surface area contributed by atoms with Crippen molar-refractivity contribution in [2.45, 2.75) is 27.7 Å². The molecular formula is C13H17NO5S. The van der Waals surface area contributed by atoms with Crippen LogP contribution in [0.15, 0.2) is 0 Å². The minimum absolute atomic E-state index is 0.228. The van der Waals surface area contributed by atoms with Gasteiger partial charge < -0.3 is 15.2 Å². The molecule has 0 fully saturated rings. The highest BCUT2D eigenvalue weighted by Crippen LogP contribution is 2.33. The Kier molecular flexibility index (Phi) is 5.26. The van der Waals surface area contributed by atoms with Crippen LogP contribution in [0.2, 0.25) is 0 Å². The van der Waals surface area contributed by atoms with Gasteiger partial charge in [0.2, 0.25) is 5.91 Å². The predicted molar refractivity (Wildman–Crippen MR) is 75.2 cm³/mol. The fourth-order valence-corrected chi connectivity index (χ4v) is 2.55. The third-order valence-corrected chi connectivity index (χ3v) is 3.99. The smallest absolute Gasteiger partial charge is 0.341 e. The van der Waals surface area contributed by atoms with Gasteiger partial charge in [0.25, 0.3) is 0 Å². The maximum atomic E-state index is 11.9. The second kappa shape index (κ2) is 6.51. The zero-order valence-electron chi connectivity index (χ0n) is 11.8. The van der Waals surface area contributed by atoms with Crippen LogP contribution in [0.5, 0.6) is 0 Å². The first kappa shape index (κ1) is 16.2. The fraction of sp³-hybridized carbons (Fsp3) is 0.462. The van der Waals surface area contributed by atoms with E-state index in [1.807, 2.05) is 6.92 Å². The second-order valence-electron chi connectivity index (χ2n) is 4.26. The Morgan fingerprint density at radius 2 is 1.95 bits per heavy atom. The van der Waals surface area contributed by atoms with Gasteiger partial charge in [0, 0.05) is 4.88 Å². The number of carbonyl (C=O) groups is 3. The lowest BCUT2D eigenvalue weighted by molar-refractivity contribution is -0.144. The lowest BCUT2D eigenvalue weighted by Gasteiger charge is -2.09. The topological polar surface area (TPSA) is 92.7 Å². The largest absolute Gasteiger partial charge is 0.481 e. The zero-order chi connectivity index (χ0) is 15.4. The molecule has 6 nitrogen and oxygen atoms in total. The summed E-state index contributed by atoms with van der Waals surface area (Å²) in [6, 6.07) is 0. The number of anilines is 1. The Hall–Kier alpha value is -1.89. The summed E-state index contributed by atoms with van der Waals surface area (Å²) in [6.07, 6.45) is 0. The minimum Gasteiger partial charge on any atom is -0.481 e. The van der Waals surface area contributed by atoms with Crippen molar-refractivity contribution < 1.29 is 24.2 Å². The summed E-state index contributed by atoms with van der Waals surface area (Å²) in [6.45, 7) is 6.78. The normalized spacial score (nSPS) is 11.8. The summed E-state index contributed by atoms with van der Waals surface area (Å²) in [5.41, 5.74) is 1.02. The van der Waals surface area contributed by atoms with Crippen molar-refractivity contribution in [2.75, 3.05) is 11.9 Å². The van der Waals surface area contributed by atoms with Gasteiger partial charge >= 0.3 is 11.9 Å². The van der Waals surface area contributed by atoms with Gasteiger partial charge in [0.1, 0.15) is 10.9 Å². The summed E-state index contributed by atoms with van der Waals surface area (Å²) < 4.78 is 4.95. The number of aliphatic carboxylic acids is 1. The van der Waals surface area contributed by atoms with Crippen molar-refractivity contribution in [3.05, 3.63) is 16.0 Å². The minimum atomic E-state index is -1.22. The quantitative estimate of drug-likeness (QED) is 0.642. The van der Waals surface area contributed by atoms with E-state index in [1.54, 1.807) is 13.8 Å². The monoisotopic (exact) mass is 299 g/mol. The molecule has 0 aromatic carbocycles. The number of hydrogen-bond donors (Lipinski definition) is 2. The molecule has 1 aromatic rings. The lowest BCUT2D eigenvalue weighted by atomic mass is 10.1. The first-order chi connectivity index (χ1) is 9.29. The average molecular weight is 299 g/mol. The van der Waals surface area contributed by atoms with Crippen LogP contribution in [0.1, 0.15) is 34.6 Å². The van der Waals surface area contributed by atoms with Gasteiger partial charge in [0.15, 0.2) is 0 Å². The zero-order valence-corrected chi connectivity index (χ0v) is 12.6. The highest BCUT2D eigenvalue weighted by molar-refractivity contribution is 7.16. The highest BCUT2D eigenvalue weighted by atomic mass is 32.1. The van der Waals surface area contributed by atoms with Crippen LogP contribution < -0.4 is 5.32 Å². The summed E-state index contributed by atoms with van der Waals surface area (Å²) >= 11 is 1.23. The number of rotatable bonds is 5. The Bertz CT molecular complexity index is 549. The molecule has 0 spiro atoms. The molecule has 2 N–H and O–H groups in total. The van der Waals surface area contributed by atoms with E-state index in [0.29, 0.717) is 10.6 Å². The fourth-order valence-electron chi connectivity index (χ4n) is 1.50. The molecule has 1 aromatic heterocycles. The van der Waals surface area contributed by atoms with Crippen LogP contribution in [0.3, 0.4) is 0 Å². The number of carboxylic acids is 1. The predicted octanol–water partition coefficient (Wildman–Crippen LogP) is 2.20. The van der Waals surface area contributed by atoms with Gasteiger partial charge in [-0.3, -0.25) is 9.59 Å². The maximum Gasteiger partial charge on any atom is 0.341 e. The Morgan fingerprint density at radius 1 is 1.35 bits per heavy atom. The van der Waals surface area contributed by atoms with Crippen molar-refractivity contribution >= 4 is 34.2 Å². The molecule has 1 heterocycles. The molecule has 0 aliphatic rings. The number of amides is 1. The Labute approximate surface area is 120 Å². The SMILES string of the molecule is CCOC(=O)c1c(NC(=O)C(C)C(=O)O)sc(C)c1C. The van der Waals surface area contributed by atoms with Crippen LogP contribution in [-0.2, 0) is 14.3 Å². The van der Waals surface area contributed by atoms with Crippen molar-refractivity contribution in [1.82, 2.24) is 0 Å². The molecule has 110 valence electrons. The van der Waals surface area contributed by atoms with E-state index in [1.165, 1.54) is 18.3 Å². The standard InChI is InChI=1S/C13H17NO5S/c1-5-19-13(18)9-6(2)8(4)20-11(9)14-10(15)7(3)12(16)17/h7H,5H2,1-4H3,(H,14,15)(H,16,17). The summed E-state index contributed by atoms with van der Waals surface area (Å²) in [5.74, 6) is -3.59. The molecule has 0 aliphatic carbocycles. The summed E-state index contributed by atoms with van der Waals surface area (Å²) in [7, 11) is 0. The van der Waals surface area contributed by atoms with Gasteiger partial charge in [0.05, 0.1) is 12.2 Å². The number of nitrogens with one attached hydrogen (secondary N) is 1. The number of carboxylic acid groups (broad SMARTS) is 1. The molecule has 0 bridgehead atoms. The molecule has 0 aliphatic heterocycles. The van der Waals surface area contributed by atoms with Crippen molar-refractivity contribution in [3.8, 4) is 0 Å². The van der Waals surface area contributed by atoms with E-state index in [-0.39, 0.29) is 6.61 Å². The third-order valence-electron chi connectivity index (χ3n) is 2.87. The first-order valence-electron chi connectivity index (χ1n) is 6.10. The molecule has 7 heteroatoms. The van der Waals surface area contributed by atoms with E-state index in [9.17, 15) is 14.4 Å². The maximum absolute atomic E-state index is 11.9. The van der Waals surface area contributed by atoms with Crippen molar-refractivity contribution in [1.29, 1.82) is 0 Å². The third kappa shape index (κ3) is 3.36. The molecule has 0 saturated carbocycles. The molecule has 0 radical (unpaired) electrons. The van der Waals surface area contributed by atoms with Crippen LogP contribution in [0.25, 0.3) is 0 Å². The average Bonchev–Trinajstić information content (AvgIpc) is 2.64. The van der Waals surface area contributed by atoms with Crippen LogP contribution in [-0.4, -0.2) is 29.6 Å². The lowest BCUT2D eigenvalue weighted by Crippen LogP contribution is -2.27. The van der Waals surface area contributed by atoms with E-state index in [0.717, 1.165) is 10.4 Å². The molecular weight excluding hydrogens is 282 g/mol. The van der Waals surface area contributed by atoms with Gasteiger partial charge in [-0.2, -0.15) is 0 Å². The van der Waals surface area contributed by atoms with E-state index in [4.69, 9.17) is 9.84 Å². The van der Waals surface area contributed by atoms with E-state index in [2.05, 4.69) is 5.32 Å². The molecule has 1 unspecified atom stereocenters. The molecule has 1 rings (SSSR count). The van der Waals surface area contributed by atoms with Gasteiger partial charge in [-0.15, -0.1) is 11.3 Å². The number of aryl methyl sites for hydroxylation is 1. The molecule has 1 atom stereocenters. The second-order valence-corrected chi connectivity index (χ2v) is 5.48. The molecule has 20 heavy (non-hydrogen) atoms. The number of esters is 1. The van der Waals surface area contributed by atoms with E-state index < -0.39 is 23.8 Å². The van der Waals surface area contributed by atoms with Gasteiger partial charge in [-0.05, 0) is 33.3 Å². The number of carbonyl (C=O) groups excluding carboxylic acids is 2. The van der Waals surface area contributed by atoms with Gasteiger partial charge in [-0.25, -0.2) is 4.79 Å². The van der Waals surface area contributed by atoms with Crippen molar-refractivity contribution in [3.63, 3.8) is 0 Å². The van der Waals surface area contributed by atoms with Crippen LogP contribution in [0, 0.1) is 19.8 Å². The van der Waals surface area contributed by atoms with Crippen LogP contribution in [0.4, 0.5) is 5.00 Å². The number of ether oxygens (including phenoxy) is 1. The van der Waals surface area contributed by atoms with Crippen LogP contribution >= 0.6 is 11.3 Å². The van der Waals surface area contributed by atoms with Crippen molar-refractivity contribution in [2.24, 2.45) is 5.92 Å². The summed E-state index contributed by atoms with van der Waals surface area (Å²) in [4.78, 5) is 35.3.